The number of halogens is 6. The number of fused-ring (bicyclic) bond motifs is 1. The molecule has 9 heteroatoms. The zero-order chi connectivity index (χ0) is 23.2. The lowest BCUT2D eigenvalue weighted by Gasteiger charge is -2.24. The molecule has 0 amide bonds. The summed E-state index contributed by atoms with van der Waals surface area (Å²) in [7, 11) is 0. The molecular formula is C22H28F6N2O. The molecule has 1 N–H and O–H groups in total. The molecule has 0 saturated heterocycles. The van der Waals surface area contributed by atoms with Gasteiger partial charge < -0.3 is 10.0 Å². The molecule has 3 nitrogen and oxygen atoms in total. The second kappa shape index (κ2) is 10.6. The third-order valence-corrected chi connectivity index (χ3v) is 5.20. The predicted octanol–water partition coefficient (Wildman–Crippen LogP) is 6.60. The first kappa shape index (κ1) is 25.4. The van der Waals surface area contributed by atoms with Crippen LogP contribution in [-0.2, 0) is 12.4 Å². The van der Waals surface area contributed by atoms with E-state index >= 15 is 0 Å². The van der Waals surface area contributed by atoms with Gasteiger partial charge in [-0.1, -0.05) is 38.8 Å². The lowest BCUT2D eigenvalue weighted by Crippen LogP contribution is -2.28. The van der Waals surface area contributed by atoms with E-state index in [9.17, 15) is 31.4 Å². The minimum atomic E-state index is -4.93. The number of aliphatic hydroxyl groups excluding tert-OH is 1. The van der Waals surface area contributed by atoms with Crippen LogP contribution < -0.4 is 0 Å². The van der Waals surface area contributed by atoms with Crippen molar-refractivity contribution in [3.63, 3.8) is 0 Å². The van der Waals surface area contributed by atoms with Crippen LogP contribution in [0.3, 0.4) is 0 Å². The average Bonchev–Trinajstić information content (AvgIpc) is 2.70. The maximum absolute atomic E-state index is 13.4. The number of aliphatic hydroxyl groups is 1. The molecular weight excluding hydrogens is 422 g/mol. The molecule has 1 aromatic carbocycles. The number of pyridine rings is 1. The van der Waals surface area contributed by atoms with Gasteiger partial charge in [0.05, 0.1) is 17.2 Å². The summed E-state index contributed by atoms with van der Waals surface area (Å²) in [5.74, 6) is 0. The number of aromatic nitrogens is 1. The molecule has 1 unspecified atom stereocenters. The Bertz CT molecular complexity index is 842. The van der Waals surface area contributed by atoms with Crippen LogP contribution in [0, 0.1) is 0 Å². The highest BCUT2D eigenvalue weighted by atomic mass is 19.4. The third-order valence-electron chi connectivity index (χ3n) is 5.20. The van der Waals surface area contributed by atoms with Crippen LogP contribution in [-0.4, -0.2) is 34.6 Å². The molecule has 2 aromatic rings. The SMILES string of the molecule is CCCCN(CCCC)CCC(O)c1cc(C(F)(F)F)nc2c(C(F)(F)F)cccc12. The monoisotopic (exact) mass is 450 g/mol. The summed E-state index contributed by atoms with van der Waals surface area (Å²) >= 11 is 0. The van der Waals surface area contributed by atoms with E-state index in [0.717, 1.165) is 44.8 Å². The van der Waals surface area contributed by atoms with Gasteiger partial charge in [-0.3, -0.25) is 0 Å². The van der Waals surface area contributed by atoms with E-state index in [4.69, 9.17) is 0 Å². The van der Waals surface area contributed by atoms with Crippen LogP contribution in [0.1, 0.15) is 68.9 Å². The van der Waals surface area contributed by atoms with Crippen LogP contribution in [0.4, 0.5) is 26.3 Å². The second-order valence-electron chi connectivity index (χ2n) is 7.65. The van der Waals surface area contributed by atoms with Crippen LogP contribution in [0.2, 0.25) is 0 Å². The molecule has 1 heterocycles. The Hall–Kier alpha value is -1.87. The van der Waals surface area contributed by atoms with Gasteiger partial charge in [-0.25, -0.2) is 4.98 Å². The van der Waals surface area contributed by atoms with Crippen LogP contribution >= 0.6 is 0 Å². The van der Waals surface area contributed by atoms with E-state index in [1.165, 1.54) is 6.07 Å². The van der Waals surface area contributed by atoms with Gasteiger partial charge in [-0.2, -0.15) is 26.3 Å². The Kier molecular flexibility index (Phi) is 8.71. The molecule has 0 aliphatic carbocycles. The lowest BCUT2D eigenvalue weighted by molar-refractivity contribution is -0.142. The largest absolute Gasteiger partial charge is 0.433 e. The van der Waals surface area contributed by atoms with Crippen molar-refractivity contribution in [2.45, 2.75) is 64.4 Å². The highest BCUT2D eigenvalue weighted by Crippen LogP contribution is 2.39. The predicted molar refractivity (Wildman–Crippen MR) is 108 cm³/mol. The van der Waals surface area contributed by atoms with E-state index < -0.39 is 35.2 Å². The number of nitrogens with zero attached hydrogens (tertiary/aromatic N) is 2. The summed E-state index contributed by atoms with van der Waals surface area (Å²) in [6.45, 7) is 6.13. The molecule has 31 heavy (non-hydrogen) atoms. The van der Waals surface area contributed by atoms with Gasteiger partial charge >= 0.3 is 12.4 Å². The molecule has 0 radical (unpaired) electrons. The van der Waals surface area contributed by atoms with E-state index in [1.54, 1.807) is 0 Å². The van der Waals surface area contributed by atoms with Crippen molar-refractivity contribution in [2.75, 3.05) is 19.6 Å². The fraction of sp³-hybridized carbons (Fsp3) is 0.591. The van der Waals surface area contributed by atoms with Gasteiger partial charge in [0.1, 0.15) is 5.69 Å². The van der Waals surface area contributed by atoms with Crippen LogP contribution in [0.15, 0.2) is 24.3 Å². The number of para-hydroxylation sites is 1. The van der Waals surface area contributed by atoms with Crippen molar-refractivity contribution in [2.24, 2.45) is 0 Å². The topological polar surface area (TPSA) is 36.4 Å². The van der Waals surface area contributed by atoms with Crippen molar-refractivity contribution < 1.29 is 31.4 Å². The third kappa shape index (κ3) is 6.80. The minimum Gasteiger partial charge on any atom is -0.388 e. The molecule has 0 aliphatic heterocycles. The Morgan fingerprint density at radius 1 is 0.935 bits per heavy atom. The van der Waals surface area contributed by atoms with Crippen molar-refractivity contribution in [1.29, 1.82) is 0 Å². The number of hydrogen-bond acceptors (Lipinski definition) is 3. The van der Waals surface area contributed by atoms with Crippen molar-refractivity contribution in [1.82, 2.24) is 9.88 Å². The quantitative estimate of drug-likeness (QED) is 0.415. The molecule has 0 saturated carbocycles. The average molecular weight is 450 g/mol. The maximum atomic E-state index is 13.4. The fourth-order valence-electron chi connectivity index (χ4n) is 3.48. The summed E-state index contributed by atoms with van der Waals surface area (Å²) in [6, 6.07) is 3.74. The Morgan fingerprint density at radius 3 is 2.06 bits per heavy atom. The number of alkyl halides is 6. The van der Waals surface area contributed by atoms with E-state index in [0.29, 0.717) is 18.7 Å². The molecule has 1 aromatic heterocycles. The fourth-order valence-corrected chi connectivity index (χ4v) is 3.48. The van der Waals surface area contributed by atoms with Crippen molar-refractivity contribution >= 4 is 10.9 Å². The summed E-state index contributed by atoms with van der Waals surface area (Å²) in [5, 5.41) is 10.6. The smallest absolute Gasteiger partial charge is 0.388 e. The molecule has 0 bridgehead atoms. The van der Waals surface area contributed by atoms with E-state index in [1.807, 2.05) is 13.8 Å². The highest BCUT2D eigenvalue weighted by Gasteiger charge is 2.38. The number of unbranched alkanes of at least 4 members (excludes halogenated alkanes) is 2. The standard InChI is InChI=1S/C22H28F6N2O/c1-3-5-11-30(12-6-4-2)13-10-18(31)16-14-19(22(26,27)28)29-20-15(16)8-7-9-17(20)21(23,24)25/h7-9,14,18,31H,3-6,10-13H2,1-2H3. The summed E-state index contributed by atoms with van der Waals surface area (Å²) < 4.78 is 80.2. The summed E-state index contributed by atoms with van der Waals surface area (Å²) in [6.07, 6.45) is -7.17. The van der Waals surface area contributed by atoms with Gasteiger partial charge in [-0.05, 0) is 50.0 Å². The van der Waals surface area contributed by atoms with Crippen molar-refractivity contribution in [3.8, 4) is 0 Å². The molecule has 0 spiro atoms. The van der Waals surface area contributed by atoms with Gasteiger partial charge in [0, 0.05) is 11.9 Å². The first-order chi connectivity index (χ1) is 14.5. The number of rotatable bonds is 10. The Morgan fingerprint density at radius 2 is 1.55 bits per heavy atom. The van der Waals surface area contributed by atoms with Gasteiger partial charge in [0.2, 0.25) is 0 Å². The number of hydrogen-bond donors (Lipinski definition) is 1. The molecule has 0 fully saturated rings. The maximum Gasteiger partial charge on any atom is 0.433 e. The van der Waals surface area contributed by atoms with Crippen LogP contribution in [0.5, 0.6) is 0 Å². The molecule has 174 valence electrons. The highest BCUT2D eigenvalue weighted by molar-refractivity contribution is 5.86. The number of benzene rings is 1. The summed E-state index contributed by atoms with van der Waals surface area (Å²) in [5.41, 5.74) is -3.68. The van der Waals surface area contributed by atoms with Gasteiger partial charge in [0.15, 0.2) is 0 Å². The van der Waals surface area contributed by atoms with E-state index in [2.05, 4.69) is 9.88 Å². The van der Waals surface area contributed by atoms with Crippen molar-refractivity contribution in [3.05, 3.63) is 41.1 Å². The molecule has 1 atom stereocenters. The Labute approximate surface area is 178 Å². The minimum absolute atomic E-state index is 0.111. The van der Waals surface area contributed by atoms with E-state index in [-0.39, 0.29) is 17.4 Å². The molecule has 0 aliphatic rings. The summed E-state index contributed by atoms with van der Waals surface area (Å²) in [4.78, 5) is 5.40. The zero-order valence-electron chi connectivity index (χ0n) is 17.7. The zero-order valence-corrected chi connectivity index (χ0v) is 17.7. The van der Waals surface area contributed by atoms with Crippen LogP contribution in [0.25, 0.3) is 10.9 Å². The van der Waals surface area contributed by atoms with Gasteiger partial charge in [-0.15, -0.1) is 0 Å². The second-order valence-corrected chi connectivity index (χ2v) is 7.65. The first-order valence-corrected chi connectivity index (χ1v) is 10.5. The normalized spacial score (nSPS) is 13.9. The Balaban J connectivity index is 2.42. The lowest BCUT2D eigenvalue weighted by atomic mass is 9.97. The molecule has 2 rings (SSSR count). The first-order valence-electron chi connectivity index (χ1n) is 10.5. The van der Waals surface area contributed by atoms with Gasteiger partial charge in [0.25, 0.3) is 0 Å².